The van der Waals surface area contributed by atoms with Crippen molar-refractivity contribution in [3.63, 3.8) is 0 Å². The van der Waals surface area contributed by atoms with Crippen LogP contribution in [0.15, 0.2) is 36.8 Å². The summed E-state index contributed by atoms with van der Waals surface area (Å²) < 4.78 is 0.962. The van der Waals surface area contributed by atoms with E-state index >= 15 is 0 Å². The van der Waals surface area contributed by atoms with E-state index in [-0.39, 0.29) is 5.69 Å². The van der Waals surface area contributed by atoms with E-state index in [1.807, 2.05) is 0 Å². The van der Waals surface area contributed by atoms with Gasteiger partial charge in [-0.3, -0.25) is 10.1 Å². The molecule has 0 radical (unpaired) electrons. The van der Waals surface area contributed by atoms with Crippen LogP contribution in [0.25, 0.3) is 0 Å². The van der Waals surface area contributed by atoms with Gasteiger partial charge in [-0.2, -0.15) is 0 Å². The Bertz CT molecular complexity index is 574. The van der Waals surface area contributed by atoms with Crippen LogP contribution in [0.3, 0.4) is 0 Å². The summed E-state index contributed by atoms with van der Waals surface area (Å²) >= 11 is 2.16. The van der Waals surface area contributed by atoms with Crippen LogP contribution in [-0.4, -0.2) is 21.4 Å². The molecule has 2 rings (SSSR count). The van der Waals surface area contributed by atoms with Gasteiger partial charge in [0, 0.05) is 24.9 Å². The molecule has 1 N–H and O–H groups in total. The van der Waals surface area contributed by atoms with Crippen molar-refractivity contribution in [2.24, 2.45) is 0 Å². The lowest BCUT2D eigenvalue weighted by Gasteiger charge is -2.06. The summed E-state index contributed by atoms with van der Waals surface area (Å²) in [4.78, 5) is 18.2. The minimum absolute atomic E-state index is 0.113. The summed E-state index contributed by atoms with van der Waals surface area (Å²) in [7, 11) is 0. The minimum Gasteiger partial charge on any atom is -0.369 e. The summed E-state index contributed by atoms with van der Waals surface area (Å²) in [5, 5.41) is 13.7. The molecule has 1 aromatic heterocycles. The van der Waals surface area contributed by atoms with E-state index in [0.29, 0.717) is 6.54 Å². The molecule has 0 atom stereocenters. The molecule has 1 aromatic carbocycles. The summed E-state index contributed by atoms with van der Waals surface area (Å²) in [6.07, 6.45) is 4.01. The number of anilines is 1. The van der Waals surface area contributed by atoms with Gasteiger partial charge in [0.1, 0.15) is 12.1 Å². The standard InChI is InChI=1S/C12H11IN4O2/c13-11-7-14-8-16-12(11)15-6-5-9-1-3-10(4-2-9)17(18)19/h1-4,7-8H,5-6H2,(H,14,15,16). The number of nitro groups is 1. The Hall–Kier alpha value is -1.77. The molecule has 0 unspecified atom stereocenters. The number of nitro benzene ring substituents is 1. The average molecular weight is 370 g/mol. The number of hydrogen-bond acceptors (Lipinski definition) is 5. The number of halogens is 1. The Morgan fingerprint density at radius 1 is 1.32 bits per heavy atom. The van der Waals surface area contributed by atoms with Gasteiger partial charge in [-0.05, 0) is 34.6 Å². The third kappa shape index (κ3) is 3.85. The molecule has 19 heavy (non-hydrogen) atoms. The highest BCUT2D eigenvalue weighted by molar-refractivity contribution is 14.1. The molecular formula is C12H11IN4O2. The number of nitrogens with one attached hydrogen (secondary N) is 1. The van der Waals surface area contributed by atoms with Crippen LogP contribution >= 0.6 is 22.6 Å². The Labute approximate surface area is 123 Å². The molecule has 1 heterocycles. The van der Waals surface area contributed by atoms with E-state index in [1.54, 1.807) is 18.3 Å². The largest absolute Gasteiger partial charge is 0.369 e. The van der Waals surface area contributed by atoms with Gasteiger partial charge in [-0.15, -0.1) is 0 Å². The third-order valence-electron chi connectivity index (χ3n) is 2.52. The first kappa shape index (κ1) is 13.7. The Morgan fingerprint density at radius 2 is 2.05 bits per heavy atom. The maximum absolute atomic E-state index is 10.5. The molecular weight excluding hydrogens is 359 g/mol. The van der Waals surface area contributed by atoms with Crippen molar-refractivity contribution in [1.29, 1.82) is 0 Å². The van der Waals surface area contributed by atoms with Crippen LogP contribution in [-0.2, 0) is 6.42 Å². The van der Waals surface area contributed by atoms with Crippen LogP contribution in [0.4, 0.5) is 11.5 Å². The first-order valence-corrected chi connectivity index (χ1v) is 6.67. The number of rotatable bonds is 5. The molecule has 0 amide bonds. The molecule has 0 fully saturated rings. The average Bonchev–Trinajstić information content (AvgIpc) is 2.41. The lowest BCUT2D eigenvalue weighted by Crippen LogP contribution is -2.07. The maximum Gasteiger partial charge on any atom is 0.269 e. The topological polar surface area (TPSA) is 81.0 Å². The fourth-order valence-corrected chi connectivity index (χ4v) is 2.04. The van der Waals surface area contributed by atoms with Crippen LogP contribution in [0.5, 0.6) is 0 Å². The summed E-state index contributed by atoms with van der Waals surface area (Å²) in [5.41, 5.74) is 1.16. The van der Waals surface area contributed by atoms with Crippen molar-refractivity contribution in [3.8, 4) is 0 Å². The molecule has 7 heteroatoms. The van der Waals surface area contributed by atoms with Gasteiger partial charge in [0.25, 0.3) is 5.69 Å². The van der Waals surface area contributed by atoms with Crippen LogP contribution in [0.2, 0.25) is 0 Å². The highest BCUT2D eigenvalue weighted by atomic mass is 127. The second-order valence-corrected chi connectivity index (χ2v) is 4.98. The fourth-order valence-electron chi connectivity index (χ4n) is 1.55. The van der Waals surface area contributed by atoms with Gasteiger partial charge in [0.05, 0.1) is 8.49 Å². The molecule has 2 aromatic rings. The Morgan fingerprint density at radius 3 is 2.68 bits per heavy atom. The number of benzene rings is 1. The molecule has 0 bridgehead atoms. The monoisotopic (exact) mass is 370 g/mol. The van der Waals surface area contributed by atoms with Gasteiger partial charge in [-0.25, -0.2) is 9.97 Å². The molecule has 0 spiro atoms. The molecule has 6 nitrogen and oxygen atoms in total. The zero-order valence-electron chi connectivity index (χ0n) is 9.91. The fraction of sp³-hybridized carbons (Fsp3) is 0.167. The van der Waals surface area contributed by atoms with E-state index < -0.39 is 4.92 Å². The van der Waals surface area contributed by atoms with E-state index in [2.05, 4.69) is 37.9 Å². The summed E-state index contributed by atoms with van der Waals surface area (Å²) in [6, 6.07) is 6.57. The Kier molecular flexibility index (Phi) is 4.61. The lowest BCUT2D eigenvalue weighted by atomic mass is 10.1. The Balaban J connectivity index is 1.89. The van der Waals surface area contributed by atoms with Gasteiger partial charge < -0.3 is 5.32 Å². The number of non-ortho nitro benzene ring substituents is 1. The third-order valence-corrected chi connectivity index (χ3v) is 3.31. The first-order valence-electron chi connectivity index (χ1n) is 5.59. The highest BCUT2D eigenvalue weighted by Gasteiger charge is 2.04. The zero-order valence-corrected chi connectivity index (χ0v) is 12.1. The molecule has 0 saturated carbocycles. The van der Waals surface area contributed by atoms with Gasteiger partial charge in [0.2, 0.25) is 0 Å². The van der Waals surface area contributed by atoms with Crippen LogP contribution in [0, 0.1) is 13.7 Å². The molecule has 0 saturated heterocycles. The van der Waals surface area contributed by atoms with Crippen LogP contribution < -0.4 is 5.32 Å². The minimum atomic E-state index is -0.398. The van der Waals surface area contributed by atoms with Crippen molar-refractivity contribution < 1.29 is 4.92 Å². The second-order valence-electron chi connectivity index (χ2n) is 3.82. The maximum atomic E-state index is 10.5. The summed E-state index contributed by atoms with van der Waals surface area (Å²) in [6.45, 7) is 0.713. The number of nitrogens with zero attached hydrogens (tertiary/aromatic N) is 3. The molecule has 0 aliphatic heterocycles. The van der Waals surface area contributed by atoms with Gasteiger partial charge in [0.15, 0.2) is 0 Å². The SMILES string of the molecule is O=[N+]([O-])c1ccc(CCNc2ncncc2I)cc1. The summed E-state index contributed by atoms with van der Waals surface area (Å²) in [5.74, 6) is 0.803. The van der Waals surface area contributed by atoms with Gasteiger partial charge >= 0.3 is 0 Å². The predicted molar refractivity (Wildman–Crippen MR) is 80.0 cm³/mol. The van der Waals surface area contributed by atoms with Crippen molar-refractivity contribution in [2.45, 2.75) is 6.42 Å². The van der Waals surface area contributed by atoms with Crippen molar-refractivity contribution in [2.75, 3.05) is 11.9 Å². The quantitative estimate of drug-likeness (QED) is 0.497. The lowest BCUT2D eigenvalue weighted by molar-refractivity contribution is -0.384. The first-order chi connectivity index (χ1) is 9.16. The number of aromatic nitrogens is 2. The van der Waals surface area contributed by atoms with E-state index in [4.69, 9.17) is 0 Å². The molecule has 0 aliphatic carbocycles. The highest BCUT2D eigenvalue weighted by Crippen LogP contribution is 2.14. The normalized spacial score (nSPS) is 10.2. The number of hydrogen-bond donors (Lipinski definition) is 1. The second kappa shape index (κ2) is 6.41. The zero-order chi connectivity index (χ0) is 13.7. The van der Waals surface area contributed by atoms with E-state index in [1.165, 1.54) is 18.5 Å². The van der Waals surface area contributed by atoms with E-state index in [0.717, 1.165) is 21.4 Å². The van der Waals surface area contributed by atoms with Crippen LogP contribution in [0.1, 0.15) is 5.56 Å². The molecule has 0 aliphatic rings. The van der Waals surface area contributed by atoms with Gasteiger partial charge in [-0.1, -0.05) is 12.1 Å². The van der Waals surface area contributed by atoms with Crippen molar-refractivity contribution in [3.05, 3.63) is 56.0 Å². The van der Waals surface area contributed by atoms with Crippen molar-refractivity contribution in [1.82, 2.24) is 9.97 Å². The van der Waals surface area contributed by atoms with Crippen molar-refractivity contribution >= 4 is 34.1 Å². The predicted octanol–water partition coefficient (Wildman–Crippen LogP) is 2.64. The van der Waals surface area contributed by atoms with E-state index in [9.17, 15) is 10.1 Å². The molecule has 98 valence electrons. The smallest absolute Gasteiger partial charge is 0.269 e.